The lowest BCUT2D eigenvalue weighted by atomic mass is 10.3. The highest BCUT2D eigenvalue weighted by Gasteiger charge is 2.25. The first-order valence-electron chi connectivity index (χ1n) is 9.11. The van der Waals surface area contributed by atoms with Crippen LogP contribution in [0.4, 0.5) is 0 Å². The SMILES string of the molecule is C[C@@H](Oc1ccc(S(=O)(=O)NC2CCCC2)cc1)C(=O)N1CCOCC1. The van der Waals surface area contributed by atoms with Crippen LogP contribution < -0.4 is 9.46 Å². The van der Waals surface area contributed by atoms with Crippen LogP contribution in [0.5, 0.6) is 5.75 Å². The third kappa shape index (κ3) is 4.75. The van der Waals surface area contributed by atoms with Crippen LogP contribution >= 0.6 is 0 Å². The van der Waals surface area contributed by atoms with E-state index in [1.54, 1.807) is 24.0 Å². The maximum atomic E-state index is 12.4. The van der Waals surface area contributed by atoms with Crippen molar-refractivity contribution in [1.82, 2.24) is 9.62 Å². The Morgan fingerprint density at radius 2 is 1.81 bits per heavy atom. The van der Waals surface area contributed by atoms with E-state index in [2.05, 4.69) is 4.72 Å². The fraction of sp³-hybridized carbons (Fsp3) is 0.611. The van der Waals surface area contributed by atoms with E-state index >= 15 is 0 Å². The number of sulfonamides is 1. The van der Waals surface area contributed by atoms with Gasteiger partial charge in [-0.2, -0.15) is 0 Å². The molecule has 144 valence electrons. The number of benzene rings is 1. The molecule has 0 radical (unpaired) electrons. The summed E-state index contributed by atoms with van der Waals surface area (Å²) < 4.78 is 38.5. The van der Waals surface area contributed by atoms with Crippen molar-refractivity contribution in [2.75, 3.05) is 26.3 Å². The van der Waals surface area contributed by atoms with Crippen LogP contribution in [0.2, 0.25) is 0 Å². The van der Waals surface area contributed by atoms with Crippen LogP contribution in [0.1, 0.15) is 32.6 Å². The molecule has 1 aliphatic carbocycles. The first-order chi connectivity index (χ1) is 12.5. The zero-order valence-corrected chi connectivity index (χ0v) is 15.8. The molecule has 0 bridgehead atoms. The molecule has 1 saturated carbocycles. The van der Waals surface area contributed by atoms with Crippen molar-refractivity contribution in [3.05, 3.63) is 24.3 Å². The van der Waals surface area contributed by atoms with Crippen molar-refractivity contribution in [2.24, 2.45) is 0 Å². The average molecular weight is 382 g/mol. The second-order valence-electron chi connectivity index (χ2n) is 6.77. The standard InChI is InChI=1S/C18H26N2O5S/c1-14(18(21)20-10-12-24-13-11-20)25-16-6-8-17(9-7-16)26(22,23)19-15-4-2-3-5-15/h6-9,14-15,19H,2-5,10-13H2,1H3/t14-/m1/s1. The molecule has 1 aromatic carbocycles. The summed E-state index contributed by atoms with van der Waals surface area (Å²) in [6, 6.07) is 6.23. The number of carbonyl (C=O) groups is 1. The predicted molar refractivity (Wildman–Crippen MR) is 96.5 cm³/mol. The van der Waals surface area contributed by atoms with Gasteiger partial charge in [0.25, 0.3) is 5.91 Å². The Balaban J connectivity index is 1.59. The number of rotatable bonds is 6. The Morgan fingerprint density at radius 3 is 2.42 bits per heavy atom. The van der Waals surface area contributed by atoms with Crippen molar-refractivity contribution in [3.63, 3.8) is 0 Å². The average Bonchev–Trinajstić information content (AvgIpc) is 3.14. The van der Waals surface area contributed by atoms with Gasteiger partial charge in [-0.25, -0.2) is 13.1 Å². The monoisotopic (exact) mass is 382 g/mol. The molecule has 1 saturated heterocycles. The number of carbonyl (C=O) groups excluding carboxylic acids is 1. The first kappa shape index (κ1) is 19.1. The molecule has 26 heavy (non-hydrogen) atoms. The summed E-state index contributed by atoms with van der Waals surface area (Å²) in [5, 5.41) is 0. The fourth-order valence-corrected chi connectivity index (χ4v) is 4.63. The van der Waals surface area contributed by atoms with Gasteiger partial charge in [-0.05, 0) is 44.0 Å². The molecule has 0 aromatic heterocycles. The number of nitrogens with one attached hydrogen (secondary N) is 1. The van der Waals surface area contributed by atoms with E-state index in [0.717, 1.165) is 25.7 Å². The Bertz CT molecular complexity index is 708. The zero-order chi connectivity index (χ0) is 18.6. The number of hydrogen-bond donors (Lipinski definition) is 1. The van der Waals surface area contributed by atoms with Gasteiger partial charge in [0.1, 0.15) is 5.75 Å². The molecule has 2 aliphatic rings. The van der Waals surface area contributed by atoms with Crippen LogP contribution in [0.25, 0.3) is 0 Å². The van der Waals surface area contributed by atoms with E-state index in [1.807, 2.05) is 0 Å². The molecule has 1 aromatic rings. The summed E-state index contributed by atoms with van der Waals surface area (Å²) in [4.78, 5) is 14.3. The Morgan fingerprint density at radius 1 is 1.19 bits per heavy atom. The fourth-order valence-electron chi connectivity index (χ4n) is 3.32. The highest BCUT2D eigenvalue weighted by molar-refractivity contribution is 7.89. The van der Waals surface area contributed by atoms with Crippen LogP contribution in [0, 0.1) is 0 Å². The van der Waals surface area contributed by atoms with Gasteiger partial charge >= 0.3 is 0 Å². The van der Waals surface area contributed by atoms with Crippen molar-refractivity contribution in [1.29, 1.82) is 0 Å². The number of morpholine rings is 1. The van der Waals surface area contributed by atoms with Crippen molar-refractivity contribution in [3.8, 4) is 5.75 Å². The van der Waals surface area contributed by atoms with Gasteiger partial charge in [0.15, 0.2) is 6.10 Å². The van der Waals surface area contributed by atoms with Crippen molar-refractivity contribution < 1.29 is 22.7 Å². The minimum atomic E-state index is -3.52. The predicted octanol–water partition coefficient (Wildman–Crippen LogP) is 1.53. The normalized spacial score (nSPS) is 20.1. The van der Waals surface area contributed by atoms with Gasteiger partial charge in [0, 0.05) is 19.1 Å². The molecule has 1 aliphatic heterocycles. The van der Waals surface area contributed by atoms with Crippen LogP contribution in [0.3, 0.4) is 0 Å². The number of nitrogens with zero attached hydrogens (tertiary/aromatic N) is 1. The Labute approximate surface area is 154 Å². The number of amides is 1. The van der Waals surface area contributed by atoms with Gasteiger partial charge in [0.05, 0.1) is 18.1 Å². The van der Waals surface area contributed by atoms with Gasteiger partial charge in [-0.1, -0.05) is 12.8 Å². The summed E-state index contributed by atoms with van der Waals surface area (Å²) in [5.74, 6) is 0.381. The minimum Gasteiger partial charge on any atom is -0.481 e. The van der Waals surface area contributed by atoms with E-state index in [4.69, 9.17) is 9.47 Å². The van der Waals surface area contributed by atoms with Crippen LogP contribution in [-0.2, 0) is 19.6 Å². The van der Waals surface area contributed by atoms with Crippen LogP contribution in [-0.4, -0.2) is 57.7 Å². The van der Waals surface area contributed by atoms with E-state index in [0.29, 0.717) is 32.1 Å². The third-order valence-electron chi connectivity index (χ3n) is 4.79. The first-order valence-corrected chi connectivity index (χ1v) is 10.6. The quantitative estimate of drug-likeness (QED) is 0.807. The van der Waals surface area contributed by atoms with Crippen LogP contribution in [0.15, 0.2) is 29.2 Å². The summed E-state index contributed by atoms with van der Waals surface area (Å²) in [6.07, 6.45) is 3.28. The molecule has 1 atom stereocenters. The highest BCUT2D eigenvalue weighted by atomic mass is 32.2. The second-order valence-corrected chi connectivity index (χ2v) is 8.49. The molecule has 7 nitrogen and oxygen atoms in total. The van der Waals surface area contributed by atoms with E-state index < -0.39 is 16.1 Å². The lowest BCUT2D eigenvalue weighted by Gasteiger charge is -2.29. The summed E-state index contributed by atoms with van der Waals surface area (Å²) in [7, 11) is -3.52. The van der Waals surface area contributed by atoms with E-state index in [9.17, 15) is 13.2 Å². The summed E-state index contributed by atoms with van der Waals surface area (Å²) in [6.45, 7) is 3.91. The topological polar surface area (TPSA) is 84.9 Å². The molecule has 1 heterocycles. The molecule has 0 spiro atoms. The Hall–Kier alpha value is -1.64. The van der Waals surface area contributed by atoms with Crippen molar-refractivity contribution >= 4 is 15.9 Å². The van der Waals surface area contributed by atoms with Gasteiger partial charge in [-0.15, -0.1) is 0 Å². The zero-order valence-electron chi connectivity index (χ0n) is 15.0. The lowest BCUT2D eigenvalue weighted by molar-refractivity contribution is -0.142. The maximum absolute atomic E-state index is 12.4. The summed E-state index contributed by atoms with van der Waals surface area (Å²) in [5.41, 5.74) is 0. The third-order valence-corrected chi connectivity index (χ3v) is 6.33. The molecular weight excluding hydrogens is 356 g/mol. The van der Waals surface area contributed by atoms with Gasteiger partial charge in [-0.3, -0.25) is 4.79 Å². The molecule has 2 fully saturated rings. The van der Waals surface area contributed by atoms with Gasteiger partial charge < -0.3 is 14.4 Å². The lowest BCUT2D eigenvalue weighted by Crippen LogP contribution is -2.46. The van der Waals surface area contributed by atoms with Gasteiger partial charge in [0.2, 0.25) is 10.0 Å². The van der Waals surface area contributed by atoms with E-state index in [1.165, 1.54) is 12.1 Å². The molecule has 8 heteroatoms. The Kier molecular flexibility index (Phi) is 6.16. The number of ether oxygens (including phenoxy) is 2. The minimum absolute atomic E-state index is 0.0297. The summed E-state index contributed by atoms with van der Waals surface area (Å²) >= 11 is 0. The smallest absolute Gasteiger partial charge is 0.263 e. The molecule has 1 amide bonds. The van der Waals surface area contributed by atoms with Crippen molar-refractivity contribution in [2.45, 2.75) is 49.6 Å². The highest BCUT2D eigenvalue weighted by Crippen LogP contribution is 2.22. The van der Waals surface area contributed by atoms with E-state index in [-0.39, 0.29) is 16.8 Å². The molecule has 3 rings (SSSR count). The number of hydrogen-bond acceptors (Lipinski definition) is 5. The largest absolute Gasteiger partial charge is 0.481 e. The molecule has 1 N–H and O–H groups in total. The second kappa shape index (κ2) is 8.37. The molecular formula is C18H26N2O5S. The molecule has 0 unspecified atom stereocenters. The maximum Gasteiger partial charge on any atom is 0.263 e.